The highest BCUT2D eigenvalue weighted by Crippen LogP contribution is 2.18. The Bertz CT molecular complexity index is 621. The van der Waals surface area contributed by atoms with E-state index < -0.39 is 0 Å². The molecule has 0 aliphatic carbocycles. The molecule has 2 atom stereocenters. The molecule has 2 unspecified atom stereocenters. The van der Waals surface area contributed by atoms with E-state index in [1.165, 1.54) is 0 Å². The zero-order valence-electron chi connectivity index (χ0n) is 13.6. The number of benzene rings is 1. The van der Waals surface area contributed by atoms with E-state index in [0.717, 1.165) is 31.5 Å². The van der Waals surface area contributed by atoms with Crippen LogP contribution in [0.25, 0.3) is 0 Å². The SMILES string of the molecule is O=C1CC(Cc2ccc(C(=O)NCC3CCCNC3)cc2)C(=O)N1. The molecule has 0 bridgehead atoms. The lowest BCUT2D eigenvalue weighted by molar-refractivity contribution is -0.125. The van der Waals surface area contributed by atoms with E-state index in [1.54, 1.807) is 12.1 Å². The fourth-order valence-electron chi connectivity index (χ4n) is 3.29. The maximum Gasteiger partial charge on any atom is 0.251 e. The van der Waals surface area contributed by atoms with Crippen molar-refractivity contribution in [1.29, 1.82) is 0 Å². The quantitative estimate of drug-likeness (QED) is 0.691. The standard InChI is InChI=1S/C18H23N3O3/c22-16-9-15(18(24)21-16)8-12-3-5-14(6-4-12)17(23)20-11-13-2-1-7-19-10-13/h3-6,13,15,19H,1-2,7-11H2,(H,20,23)(H,21,22,24). The number of hydrogen-bond donors (Lipinski definition) is 3. The van der Waals surface area contributed by atoms with Gasteiger partial charge in [-0.15, -0.1) is 0 Å². The Morgan fingerprint density at radius 1 is 1.21 bits per heavy atom. The highest BCUT2D eigenvalue weighted by Gasteiger charge is 2.30. The molecule has 1 aromatic carbocycles. The Hall–Kier alpha value is -2.21. The molecule has 128 valence electrons. The Morgan fingerprint density at radius 3 is 2.62 bits per heavy atom. The van der Waals surface area contributed by atoms with Gasteiger partial charge in [-0.05, 0) is 56.0 Å². The summed E-state index contributed by atoms with van der Waals surface area (Å²) >= 11 is 0. The van der Waals surface area contributed by atoms with Crippen LogP contribution >= 0.6 is 0 Å². The predicted octanol–water partition coefficient (Wildman–Crippen LogP) is 0.621. The molecule has 3 N–H and O–H groups in total. The van der Waals surface area contributed by atoms with Gasteiger partial charge in [-0.3, -0.25) is 19.7 Å². The van der Waals surface area contributed by atoms with Crippen molar-refractivity contribution in [2.24, 2.45) is 11.8 Å². The monoisotopic (exact) mass is 329 g/mol. The first kappa shape index (κ1) is 16.6. The molecule has 2 fully saturated rings. The van der Waals surface area contributed by atoms with Crippen molar-refractivity contribution >= 4 is 17.7 Å². The second-order valence-electron chi connectivity index (χ2n) is 6.64. The molecule has 0 spiro atoms. The molecule has 0 radical (unpaired) electrons. The predicted molar refractivity (Wildman–Crippen MR) is 89.3 cm³/mol. The second-order valence-corrected chi connectivity index (χ2v) is 6.64. The summed E-state index contributed by atoms with van der Waals surface area (Å²) in [5.74, 6) is -0.279. The molecule has 24 heavy (non-hydrogen) atoms. The molecule has 3 rings (SSSR count). The molecular formula is C18H23N3O3. The second kappa shape index (κ2) is 7.57. The van der Waals surface area contributed by atoms with Crippen LogP contribution in [0.2, 0.25) is 0 Å². The van der Waals surface area contributed by atoms with Crippen molar-refractivity contribution in [2.75, 3.05) is 19.6 Å². The van der Waals surface area contributed by atoms with Crippen LogP contribution in [0.3, 0.4) is 0 Å². The first-order valence-corrected chi connectivity index (χ1v) is 8.53. The summed E-state index contributed by atoms with van der Waals surface area (Å²) in [6, 6.07) is 7.26. The normalized spacial score (nSPS) is 23.8. The van der Waals surface area contributed by atoms with Gasteiger partial charge in [-0.25, -0.2) is 0 Å². The largest absolute Gasteiger partial charge is 0.352 e. The van der Waals surface area contributed by atoms with Gasteiger partial charge < -0.3 is 10.6 Å². The first-order chi connectivity index (χ1) is 11.6. The third-order valence-electron chi connectivity index (χ3n) is 4.71. The fourth-order valence-corrected chi connectivity index (χ4v) is 3.29. The molecule has 6 nitrogen and oxygen atoms in total. The van der Waals surface area contributed by atoms with Crippen LogP contribution in [0.1, 0.15) is 35.2 Å². The summed E-state index contributed by atoms with van der Waals surface area (Å²) in [5, 5.41) is 8.64. The molecular weight excluding hydrogens is 306 g/mol. The number of nitrogens with one attached hydrogen (secondary N) is 3. The van der Waals surface area contributed by atoms with Gasteiger partial charge in [0.25, 0.3) is 5.91 Å². The van der Waals surface area contributed by atoms with Gasteiger partial charge in [0.1, 0.15) is 0 Å². The topological polar surface area (TPSA) is 87.3 Å². The van der Waals surface area contributed by atoms with Crippen LogP contribution in [0, 0.1) is 11.8 Å². The number of carbonyl (C=O) groups is 3. The van der Waals surface area contributed by atoms with E-state index in [-0.39, 0.29) is 30.1 Å². The van der Waals surface area contributed by atoms with Crippen molar-refractivity contribution in [3.05, 3.63) is 35.4 Å². The Labute approximate surface area is 141 Å². The van der Waals surface area contributed by atoms with Crippen molar-refractivity contribution in [3.8, 4) is 0 Å². The number of rotatable bonds is 5. The van der Waals surface area contributed by atoms with Crippen LogP contribution < -0.4 is 16.0 Å². The number of piperidine rings is 1. The number of carbonyl (C=O) groups excluding carboxylic acids is 3. The fraction of sp³-hybridized carbons (Fsp3) is 0.500. The van der Waals surface area contributed by atoms with Gasteiger partial charge in [0.15, 0.2) is 0 Å². The van der Waals surface area contributed by atoms with E-state index >= 15 is 0 Å². The molecule has 2 saturated heterocycles. The van der Waals surface area contributed by atoms with Gasteiger partial charge in [0.2, 0.25) is 11.8 Å². The summed E-state index contributed by atoms with van der Waals surface area (Å²) in [6.45, 7) is 2.72. The van der Waals surface area contributed by atoms with Crippen LogP contribution in [-0.4, -0.2) is 37.4 Å². The summed E-state index contributed by atoms with van der Waals surface area (Å²) < 4.78 is 0. The van der Waals surface area contributed by atoms with Gasteiger partial charge in [0, 0.05) is 18.5 Å². The van der Waals surface area contributed by atoms with E-state index in [1.807, 2.05) is 12.1 Å². The van der Waals surface area contributed by atoms with Crippen molar-refractivity contribution in [2.45, 2.75) is 25.7 Å². The Balaban J connectivity index is 1.51. The van der Waals surface area contributed by atoms with E-state index in [2.05, 4.69) is 16.0 Å². The van der Waals surface area contributed by atoms with Crippen LogP contribution in [0.4, 0.5) is 0 Å². The highest BCUT2D eigenvalue weighted by atomic mass is 16.2. The smallest absolute Gasteiger partial charge is 0.251 e. The van der Waals surface area contributed by atoms with Gasteiger partial charge in [-0.2, -0.15) is 0 Å². The number of amides is 3. The van der Waals surface area contributed by atoms with E-state index in [4.69, 9.17) is 0 Å². The molecule has 2 heterocycles. The number of imide groups is 1. The minimum atomic E-state index is -0.295. The van der Waals surface area contributed by atoms with Gasteiger partial charge in [0.05, 0.1) is 5.92 Å². The minimum Gasteiger partial charge on any atom is -0.352 e. The third-order valence-corrected chi connectivity index (χ3v) is 4.71. The van der Waals surface area contributed by atoms with Crippen LogP contribution in [0.15, 0.2) is 24.3 Å². The molecule has 6 heteroatoms. The molecule has 0 saturated carbocycles. The highest BCUT2D eigenvalue weighted by molar-refractivity contribution is 6.03. The van der Waals surface area contributed by atoms with Crippen molar-refractivity contribution in [1.82, 2.24) is 16.0 Å². The maximum atomic E-state index is 12.2. The average molecular weight is 329 g/mol. The lowest BCUT2D eigenvalue weighted by Gasteiger charge is -2.22. The van der Waals surface area contributed by atoms with E-state index in [0.29, 0.717) is 24.4 Å². The van der Waals surface area contributed by atoms with Crippen LogP contribution in [0.5, 0.6) is 0 Å². The summed E-state index contributed by atoms with van der Waals surface area (Å²) in [6.07, 6.45) is 3.07. The summed E-state index contributed by atoms with van der Waals surface area (Å²) in [5.41, 5.74) is 1.58. The first-order valence-electron chi connectivity index (χ1n) is 8.53. The molecule has 2 aliphatic rings. The lowest BCUT2D eigenvalue weighted by Crippen LogP contribution is -2.38. The average Bonchev–Trinajstić information content (AvgIpc) is 2.91. The summed E-state index contributed by atoms with van der Waals surface area (Å²) in [7, 11) is 0. The number of hydrogen-bond acceptors (Lipinski definition) is 4. The van der Waals surface area contributed by atoms with Gasteiger partial charge in [-0.1, -0.05) is 12.1 Å². The molecule has 2 aliphatic heterocycles. The van der Waals surface area contributed by atoms with Crippen molar-refractivity contribution < 1.29 is 14.4 Å². The minimum absolute atomic E-state index is 0.0686. The van der Waals surface area contributed by atoms with Crippen LogP contribution in [-0.2, 0) is 16.0 Å². The zero-order valence-corrected chi connectivity index (χ0v) is 13.6. The maximum absolute atomic E-state index is 12.2. The molecule has 3 amide bonds. The molecule has 0 aromatic heterocycles. The Morgan fingerprint density at radius 2 is 2.00 bits per heavy atom. The lowest BCUT2D eigenvalue weighted by atomic mass is 9.97. The molecule has 1 aromatic rings. The van der Waals surface area contributed by atoms with Crippen molar-refractivity contribution in [3.63, 3.8) is 0 Å². The Kier molecular flexibility index (Phi) is 5.25. The zero-order chi connectivity index (χ0) is 16.9. The summed E-state index contributed by atoms with van der Waals surface area (Å²) in [4.78, 5) is 35.0. The van der Waals surface area contributed by atoms with Gasteiger partial charge >= 0.3 is 0 Å². The third kappa shape index (κ3) is 4.20. The van der Waals surface area contributed by atoms with E-state index in [9.17, 15) is 14.4 Å².